The zero-order valence-electron chi connectivity index (χ0n) is 7.87. The topological polar surface area (TPSA) is 49.0 Å². The summed E-state index contributed by atoms with van der Waals surface area (Å²) < 4.78 is 0. The summed E-state index contributed by atoms with van der Waals surface area (Å²) in [5.41, 5.74) is 0.867. The number of amides is 1. The van der Waals surface area contributed by atoms with Crippen molar-refractivity contribution >= 4 is 5.91 Å². The van der Waals surface area contributed by atoms with Crippen LogP contribution in [0.25, 0.3) is 0 Å². The molecular formula is C9H13N3O. The molecule has 1 aromatic rings. The Balaban J connectivity index is 2.02. The Morgan fingerprint density at radius 1 is 1.62 bits per heavy atom. The zero-order valence-corrected chi connectivity index (χ0v) is 7.87. The summed E-state index contributed by atoms with van der Waals surface area (Å²) in [5.74, 6) is 0.0526. The average Bonchev–Trinajstić information content (AvgIpc) is 2.50. The summed E-state index contributed by atoms with van der Waals surface area (Å²) in [5, 5.41) is 0. The third-order valence-electron chi connectivity index (χ3n) is 2.25. The van der Waals surface area contributed by atoms with Gasteiger partial charge in [0.25, 0.3) is 5.91 Å². The molecule has 1 aliphatic rings. The van der Waals surface area contributed by atoms with Crippen molar-refractivity contribution in [2.75, 3.05) is 13.1 Å². The molecule has 1 aliphatic heterocycles. The largest absolute Gasteiger partial charge is 0.341 e. The summed E-state index contributed by atoms with van der Waals surface area (Å²) >= 11 is 0. The van der Waals surface area contributed by atoms with Gasteiger partial charge < -0.3 is 9.88 Å². The molecule has 4 nitrogen and oxygen atoms in total. The predicted molar refractivity (Wildman–Crippen MR) is 48.3 cm³/mol. The fourth-order valence-corrected chi connectivity index (χ4v) is 1.67. The molecule has 1 fully saturated rings. The summed E-state index contributed by atoms with van der Waals surface area (Å²) in [6.45, 7) is 5.99. The normalized spacial score (nSPS) is 19.7. The highest BCUT2D eigenvalue weighted by Crippen LogP contribution is 2.29. The van der Waals surface area contributed by atoms with Crippen LogP contribution >= 0.6 is 0 Å². The Kier molecular flexibility index (Phi) is 1.65. The van der Waals surface area contributed by atoms with E-state index in [9.17, 15) is 4.79 Å². The highest BCUT2D eigenvalue weighted by molar-refractivity contribution is 5.92. The molecule has 0 saturated carbocycles. The number of H-pyrrole nitrogens is 1. The van der Waals surface area contributed by atoms with E-state index in [0.717, 1.165) is 13.1 Å². The number of imidazole rings is 1. The van der Waals surface area contributed by atoms with Crippen molar-refractivity contribution in [1.82, 2.24) is 14.9 Å². The lowest BCUT2D eigenvalue weighted by Gasteiger charge is -2.45. The van der Waals surface area contributed by atoms with Crippen LogP contribution in [-0.2, 0) is 0 Å². The minimum absolute atomic E-state index is 0.0526. The minimum atomic E-state index is 0.0526. The van der Waals surface area contributed by atoms with Crippen molar-refractivity contribution in [3.8, 4) is 0 Å². The number of nitrogens with one attached hydrogen (secondary N) is 1. The van der Waals surface area contributed by atoms with Crippen LogP contribution in [-0.4, -0.2) is 33.9 Å². The fourth-order valence-electron chi connectivity index (χ4n) is 1.67. The first-order chi connectivity index (χ1) is 6.08. The van der Waals surface area contributed by atoms with E-state index >= 15 is 0 Å². The smallest absolute Gasteiger partial charge is 0.271 e. The number of nitrogens with zero attached hydrogens (tertiary/aromatic N) is 2. The molecule has 0 spiro atoms. The van der Waals surface area contributed by atoms with Crippen molar-refractivity contribution in [1.29, 1.82) is 0 Å². The average molecular weight is 179 g/mol. The quantitative estimate of drug-likeness (QED) is 0.696. The van der Waals surface area contributed by atoms with E-state index in [1.807, 2.05) is 4.90 Å². The molecule has 0 aliphatic carbocycles. The van der Waals surface area contributed by atoms with Crippen LogP contribution in [0.15, 0.2) is 12.5 Å². The first-order valence-electron chi connectivity index (χ1n) is 4.36. The van der Waals surface area contributed by atoms with Gasteiger partial charge in [-0.05, 0) is 5.41 Å². The zero-order chi connectivity index (χ0) is 9.47. The monoisotopic (exact) mass is 179 g/mol. The minimum Gasteiger partial charge on any atom is -0.341 e. The summed E-state index contributed by atoms with van der Waals surface area (Å²) in [6.07, 6.45) is 3.09. The van der Waals surface area contributed by atoms with E-state index in [4.69, 9.17) is 0 Å². The summed E-state index contributed by atoms with van der Waals surface area (Å²) in [6, 6.07) is 0. The highest BCUT2D eigenvalue weighted by Gasteiger charge is 2.37. The van der Waals surface area contributed by atoms with Crippen LogP contribution in [0.3, 0.4) is 0 Å². The first-order valence-corrected chi connectivity index (χ1v) is 4.36. The van der Waals surface area contributed by atoms with E-state index in [0.29, 0.717) is 5.69 Å². The number of aromatic amines is 1. The molecule has 1 saturated heterocycles. The predicted octanol–water partition coefficient (Wildman–Crippen LogP) is 0.892. The molecule has 1 amide bonds. The second-order valence-electron chi connectivity index (χ2n) is 4.29. The second kappa shape index (κ2) is 2.58. The maximum Gasteiger partial charge on any atom is 0.271 e. The Morgan fingerprint density at radius 2 is 2.31 bits per heavy atom. The van der Waals surface area contributed by atoms with Gasteiger partial charge in [0.1, 0.15) is 5.69 Å². The Labute approximate surface area is 77.0 Å². The van der Waals surface area contributed by atoms with Crippen LogP contribution in [0.2, 0.25) is 0 Å². The Hall–Kier alpha value is -1.32. The molecule has 13 heavy (non-hydrogen) atoms. The molecule has 70 valence electrons. The van der Waals surface area contributed by atoms with Gasteiger partial charge in [-0.25, -0.2) is 4.98 Å². The van der Waals surface area contributed by atoms with E-state index in [1.54, 1.807) is 6.20 Å². The lowest BCUT2D eigenvalue weighted by Crippen LogP contribution is -2.55. The molecule has 0 unspecified atom stereocenters. The van der Waals surface area contributed by atoms with Gasteiger partial charge in [0.15, 0.2) is 0 Å². The van der Waals surface area contributed by atoms with E-state index in [-0.39, 0.29) is 11.3 Å². The lowest BCUT2D eigenvalue weighted by atomic mass is 9.84. The standard InChI is InChI=1S/C9H13N3O/c1-9(2)4-12(5-9)8(13)7-3-10-6-11-7/h3,6H,4-5H2,1-2H3,(H,10,11). The summed E-state index contributed by atoms with van der Waals surface area (Å²) in [4.78, 5) is 20.1. The van der Waals surface area contributed by atoms with Gasteiger partial charge in [-0.15, -0.1) is 0 Å². The van der Waals surface area contributed by atoms with Gasteiger partial charge in [-0.2, -0.15) is 0 Å². The number of carbonyl (C=O) groups is 1. The maximum atomic E-state index is 11.6. The molecule has 0 atom stereocenters. The Bertz CT molecular complexity index is 308. The fraction of sp³-hybridized carbons (Fsp3) is 0.556. The first kappa shape index (κ1) is 8.29. The van der Waals surface area contributed by atoms with Crippen molar-refractivity contribution in [3.05, 3.63) is 18.2 Å². The van der Waals surface area contributed by atoms with E-state index in [1.165, 1.54) is 6.33 Å². The molecule has 0 radical (unpaired) electrons. The van der Waals surface area contributed by atoms with Crippen LogP contribution in [0.1, 0.15) is 24.3 Å². The molecule has 1 N–H and O–H groups in total. The molecule has 2 rings (SSSR count). The number of carbonyl (C=O) groups excluding carboxylic acids is 1. The lowest BCUT2D eigenvalue weighted by molar-refractivity contribution is 0.0231. The molecule has 0 aromatic carbocycles. The van der Waals surface area contributed by atoms with Crippen LogP contribution < -0.4 is 0 Å². The van der Waals surface area contributed by atoms with Gasteiger partial charge in [-0.3, -0.25) is 4.79 Å². The molecule has 0 bridgehead atoms. The van der Waals surface area contributed by atoms with Crippen LogP contribution in [0.4, 0.5) is 0 Å². The van der Waals surface area contributed by atoms with Crippen molar-refractivity contribution in [3.63, 3.8) is 0 Å². The number of hydrogen-bond acceptors (Lipinski definition) is 2. The van der Waals surface area contributed by atoms with Crippen LogP contribution in [0, 0.1) is 5.41 Å². The number of rotatable bonds is 1. The maximum absolute atomic E-state index is 11.6. The van der Waals surface area contributed by atoms with Crippen molar-refractivity contribution < 1.29 is 4.79 Å². The SMILES string of the molecule is CC1(C)CN(C(=O)c2cnc[nH]2)C1. The second-order valence-corrected chi connectivity index (χ2v) is 4.29. The molecule has 2 heterocycles. The highest BCUT2D eigenvalue weighted by atomic mass is 16.2. The van der Waals surface area contributed by atoms with Crippen molar-refractivity contribution in [2.45, 2.75) is 13.8 Å². The number of likely N-dealkylation sites (tertiary alicyclic amines) is 1. The van der Waals surface area contributed by atoms with Gasteiger partial charge in [0.05, 0.1) is 12.5 Å². The van der Waals surface area contributed by atoms with Gasteiger partial charge in [0.2, 0.25) is 0 Å². The van der Waals surface area contributed by atoms with Crippen molar-refractivity contribution in [2.24, 2.45) is 5.41 Å². The van der Waals surface area contributed by atoms with Crippen LogP contribution in [0.5, 0.6) is 0 Å². The Morgan fingerprint density at radius 3 is 2.77 bits per heavy atom. The van der Waals surface area contributed by atoms with E-state index in [2.05, 4.69) is 23.8 Å². The molecule has 4 heteroatoms. The van der Waals surface area contributed by atoms with Gasteiger partial charge >= 0.3 is 0 Å². The number of aromatic nitrogens is 2. The molecular weight excluding hydrogens is 166 g/mol. The van der Waals surface area contributed by atoms with Gasteiger partial charge in [-0.1, -0.05) is 13.8 Å². The summed E-state index contributed by atoms with van der Waals surface area (Å²) in [7, 11) is 0. The molecule has 1 aromatic heterocycles. The third-order valence-corrected chi connectivity index (χ3v) is 2.25. The van der Waals surface area contributed by atoms with Gasteiger partial charge in [0, 0.05) is 13.1 Å². The third kappa shape index (κ3) is 1.43. The van der Waals surface area contributed by atoms with E-state index < -0.39 is 0 Å². The number of hydrogen-bond donors (Lipinski definition) is 1.